The summed E-state index contributed by atoms with van der Waals surface area (Å²) in [6.07, 6.45) is 5.54. The summed E-state index contributed by atoms with van der Waals surface area (Å²) in [7, 11) is 1.61. The Hall–Kier alpha value is -1.51. The molecule has 0 radical (unpaired) electrons. The van der Waals surface area contributed by atoms with Crippen LogP contribution in [-0.2, 0) is 0 Å². The lowest BCUT2D eigenvalue weighted by Crippen LogP contribution is -2.32. The first kappa shape index (κ1) is 11.6. The molecule has 18 heavy (non-hydrogen) atoms. The fourth-order valence-electron chi connectivity index (χ4n) is 3.05. The molecular formula is C15H18O3. The molecule has 1 heterocycles. The molecule has 1 aromatic rings. The van der Waals surface area contributed by atoms with Gasteiger partial charge in [-0.2, -0.15) is 0 Å². The van der Waals surface area contributed by atoms with E-state index in [-0.39, 0.29) is 11.9 Å². The molecule has 3 heteroatoms. The zero-order valence-electron chi connectivity index (χ0n) is 10.6. The van der Waals surface area contributed by atoms with Gasteiger partial charge in [0.15, 0.2) is 5.78 Å². The van der Waals surface area contributed by atoms with Crippen LogP contribution in [0.4, 0.5) is 0 Å². The summed E-state index contributed by atoms with van der Waals surface area (Å²) in [6, 6.07) is 5.48. The highest BCUT2D eigenvalue weighted by molar-refractivity contribution is 6.00. The maximum absolute atomic E-state index is 12.2. The quantitative estimate of drug-likeness (QED) is 0.803. The van der Waals surface area contributed by atoms with E-state index in [1.807, 2.05) is 12.1 Å². The smallest absolute Gasteiger partial charge is 0.170 e. The molecule has 0 spiro atoms. The molecule has 3 rings (SSSR count). The van der Waals surface area contributed by atoms with Gasteiger partial charge in [0.25, 0.3) is 0 Å². The summed E-state index contributed by atoms with van der Waals surface area (Å²) in [4.78, 5) is 12.2. The summed E-state index contributed by atoms with van der Waals surface area (Å²) in [5, 5.41) is 0. The minimum atomic E-state index is 0.0842. The average Bonchev–Trinajstić information content (AvgIpc) is 2.92. The molecule has 1 aliphatic carbocycles. The van der Waals surface area contributed by atoms with Crippen LogP contribution in [0.5, 0.6) is 11.5 Å². The third kappa shape index (κ3) is 1.98. The molecule has 0 amide bonds. The standard InChI is InChI=1S/C15H18O3/c1-17-11-6-7-14-12(8-11)13(16)9-15(18-14)10-4-2-3-5-10/h6-8,10,15H,2-5,9H2,1H3. The summed E-state index contributed by atoms with van der Waals surface area (Å²) < 4.78 is 11.2. The molecule has 3 nitrogen and oxygen atoms in total. The van der Waals surface area contributed by atoms with Gasteiger partial charge in [0.1, 0.15) is 17.6 Å². The Labute approximate surface area is 107 Å². The maximum atomic E-state index is 12.2. The highest BCUT2D eigenvalue weighted by Gasteiger charge is 2.33. The number of methoxy groups -OCH3 is 1. The van der Waals surface area contributed by atoms with Crippen LogP contribution >= 0.6 is 0 Å². The Bertz CT molecular complexity index is 461. The molecule has 0 aromatic heterocycles. The van der Waals surface area contributed by atoms with Crippen molar-refractivity contribution in [3.05, 3.63) is 23.8 Å². The number of Topliss-reactive ketones (excluding diaryl/α,β-unsaturated/α-hetero) is 1. The lowest BCUT2D eigenvalue weighted by Gasteiger charge is -2.29. The van der Waals surface area contributed by atoms with Crippen molar-refractivity contribution in [2.24, 2.45) is 5.92 Å². The molecule has 0 bridgehead atoms. The lowest BCUT2D eigenvalue weighted by atomic mass is 9.91. The molecule has 2 aliphatic rings. The maximum Gasteiger partial charge on any atom is 0.170 e. The monoisotopic (exact) mass is 246 g/mol. The van der Waals surface area contributed by atoms with Crippen molar-refractivity contribution in [1.29, 1.82) is 0 Å². The second kappa shape index (κ2) is 4.63. The summed E-state index contributed by atoms with van der Waals surface area (Å²) in [6.45, 7) is 0. The van der Waals surface area contributed by atoms with Crippen LogP contribution < -0.4 is 9.47 Å². The first-order chi connectivity index (χ1) is 8.78. The molecule has 1 aliphatic heterocycles. The predicted octanol–water partition coefficient (Wildman–Crippen LogP) is 3.22. The number of hydrogen-bond donors (Lipinski definition) is 0. The van der Waals surface area contributed by atoms with Gasteiger partial charge in [-0.15, -0.1) is 0 Å². The Morgan fingerprint density at radius 3 is 2.78 bits per heavy atom. The van der Waals surface area contributed by atoms with Gasteiger partial charge in [-0.25, -0.2) is 0 Å². The fraction of sp³-hybridized carbons (Fsp3) is 0.533. The first-order valence-corrected chi connectivity index (χ1v) is 6.66. The molecular weight excluding hydrogens is 228 g/mol. The Balaban J connectivity index is 1.85. The van der Waals surface area contributed by atoms with Gasteiger partial charge in [-0.1, -0.05) is 12.8 Å². The van der Waals surface area contributed by atoms with E-state index in [4.69, 9.17) is 9.47 Å². The summed E-state index contributed by atoms with van der Waals surface area (Å²) in [5.74, 6) is 2.19. The second-order valence-corrected chi connectivity index (χ2v) is 5.19. The van der Waals surface area contributed by atoms with Crippen LogP contribution in [0.3, 0.4) is 0 Å². The van der Waals surface area contributed by atoms with E-state index in [1.165, 1.54) is 25.7 Å². The average molecular weight is 246 g/mol. The van der Waals surface area contributed by atoms with Crippen LogP contribution in [0.25, 0.3) is 0 Å². The number of carbonyl (C=O) groups is 1. The van der Waals surface area contributed by atoms with Crippen LogP contribution in [0.15, 0.2) is 18.2 Å². The molecule has 1 aromatic carbocycles. The van der Waals surface area contributed by atoms with Gasteiger partial charge in [0.05, 0.1) is 12.7 Å². The zero-order chi connectivity index (χ0) is 12.5. The Morgan fingerprint density at radius 2 is 2.06 bits per heavy atom. The Kier molecular flexibility index (Phi) is 2.98. The van der Waals surface area contributed by atoms with E-state index in [9.17, 15) is 4.79 Å². The summed E-state index contributed by atoms with van der Waals surface area (Å²) in [5.41, 5.74) is 0.670. The molecule has 1 atom stereocenters. The van der Waals surface area contributed by atoms with Gasteiger partial charge in [-0.3, -0.25) is 4.79 Å². The first-order valence-electron chi connectivity index (χ1n) is 6.66. The molecule has 1 fully saturated rings. The zero-order valence-corrected chi connectivity index (χ0v) is 10.6. The Morgan fingerprint density at radius 1 is 1.28 bits per heavy atom. The SMILES string of the molecule is COc1ccc2c(c1)C(=O)CC(C1CCCC1)O2. The minimum absolute atomic E-state index is 0.0842. The van der Waals surface area contributed by atoms with Gasteiger partial charge in [0, 0.05) is 6.42 Å². The molecule has 1 saturated carbocycles. The van der Waals surface area contributed by atoms with E-state index >= 15 is 0 Å². The van der Waals surface area contributed by atoms with Crippen molar-refractivity contribution < 1.29 is 14.3 Å². The van der Waals surface area contributed by atoms with Crippen molar-refractivity contribution >= 4 is 5.78 Å². The highest BCUT2D eigenvalue weighted by atomic mass is 16.5. The third-order valence-corrected chi connectivity index (χ3v) is 4.08. The number of hydrogen-bond acceptors (Lipinski definition) is 3. The van der Waals surface area contributed by atoms with E-state index in [1.54, 1.807) is 13.2 Å². The summed E-state index contributed by atoms with van der Waals surface area (Å²) >= 11 is 0. The highest BCUT2D eigenvalue weighted by Crippen LogP contribution is 2.37. The third-order valence-electron chi connectivity index (χ3n) is 4.08. The number of rotatable bonds is 2. The minimum Gasteiger partial charge on any atom is -0.497 e. The van der Waals surface area contributed by atoms with Gasteiger partial charge in [0.2, 0.25) is 0 Å². The van der Waals surface area contributed by atoms with Crippen LogP contribution in [0, 0.1) is 5.92 Å². The molecule has 1 unspecified atom stereocenters. The van der Waals surface area contributed by atoms with E-state index in [0.717, 1.165) is 5.75 Å². The lowest BCUT2D eigenvalue weighted by molar-refractivity contribution is 0.0737. The van der Waals surface area contributed by atoms with E-state index in [2.05, 4.69) is 0 Å². The van der Waals surface area contributed by atoms with E-state index in [0.29, 0.717) is 23.7 Å². The largest absolute Gasteiger partial charge is 0.497 e. The van der Waals surface area contributed by atoms with Gasteiger partial charge < -0.3 is 9.47 Å². The fourth-order valence-corrected chi connectivity index (χ4v) is 3.05. The normalized spacial score (nSPS) is 23.6. The van der Waals surface area contributed by atoms with Gasteiger partial charge >= 0.3 is 0 Å². The molecule has 96 valence electrons. The van der Waals surface area contributed by atoms with Gasteiger partial charge in [-0.05, 0) is 37.0 Å². The second-order valence-electron chi connectivity index (χ2n) is 5.19. The van der Waals surface area contributed by atoms with Crippen molar-refractivity contribution in [3.63, 3.8) is 0 Å². The van der Waals surface area contributed by atoms with Crippen molar-refractivity contribution in [1.82, 2.24) is 0 Å². The number of ketones is 1. The van der Waals surface area contributed by atoms with Crippen molar-refractivity contribution in [2.75, 3.05) is 7.11 Å². The predicted molar refractivity (Wildman–Crippen MR) is 68.3 cm³/mol. The topological polar surface area (TPSA) is 35.5 Å². The van der Waals surface area contributed by atoms with E-state index < -0.39 is 0 Å². The van der Waals surface area contributed by atoms with Crippen molar-refractivity contribution in [2.45, 2.75) is 38.2 Å². The van der Waals surface area contributed by atoms with Crippen LogP contribution in [0.2, 0.25) is 0 Å². The van der Waals surface area contributed by atoms with Crippen LogP contribution in [0.1, 0.15) is 42.5 Å². The molecule has 0 saturated heterocycles. The van der Waals surface area contributed by atoms with Crippen LogP contribution in [-0.4, -0.2) is 19.0 Å². The molecule has 0 N–H and O–H groups in total. The van der Waals surface area contributed by atoms with Crippen molar-refractivity contribution in [3.8, 4) is 11.5 Å². The number of benzene rings is 1. The number of carbonyl (C=O) groups excluding carboxylic acids is 1. The number of ether oxygens (including phenoxy) is 2. The number of fused-ring (bicyclic) bond motifs is 1.